The molecular formula is C16H12BrN3O. The molecule has 0 fully saturated rings. The summed E-state index contributed by atoms with van der Waals surface area (Å²) < 4.78 is 1.04. The molecule has 0 amide bonds. The molecule has 5 heteroatoms. The number of fused-ring (bicyclic) bond motifs is 2. The molecule has 21 heavy (non-hydrogen) atoms. The van der Waals surface area contributed by atoms with E-state index in [0.29, 0.717) is 12.2 Å². The largest absolute Gasteiger partial charge is 0.380 e. The van der Waals surface area contributed by atoms with E-state index < -0.39 is 0 Å². The number of nitrogens with zero attached hydrogens (tertiary/aromatic N) is 1. The van der Waals surface area contributed by atoms with Crippen LogP contribution in [0.1, 0.15) is 5.56 Å². The molecule has 0 unspecified atom stereocenters. The van der Waals surface area contributed by atoms with E-state index in [1.807, 2.05) is 30.3 Å². The predicted octanol–water partition coefficient (Wildman–Crippen LogP) is 2.01. The van der Waals surface area contributed by atoms with Gasteiger partial charge in [0, 0.05) is 33.1 Å². The number of para-hydroxylation sites is 1. The Labute approximate surface area is 129 Å². The van der Waals surface area contributed by atoms with Crippen LogP contribution < -0.4 is 21.4 Å². The third-order valence-electron chi connectivity index (χ3n) is 3.80. The third-order valence-corrected chi connectivity index (χ3v) is 4.30. The molecule has 0 aromatic heterocycles. The second-order valence-electron chi connectivity index (χ2n) is 4.99. The summed E-state index contributed by atoms with van der Waals surface area (Å²) in [5, 5.41) is 14.7. The first-order valence-corrected chi connectivity index (χ1v) is 7.43. The van der Waals surface area contributed by atoms with E-state index in [0.717, 1.165) is 37.6 Å². The zero-order valence-corrected chi connectivity index (χ0v) is 12.6. The third kappa shape index (κ3) is 1.89. The van der Waals surface area contributed by atoms with Gasteiger partial charge in [0.1, 0.15) is 0 Å². The Kier molecular flexibility index (Phi) is 2.83. The minimum atomic E-state index is 0.665. The van der Waals surface area contributed by atoms with Crippen LogP contribution in [-0.4, -0.2) is 11.8 Å². The molecule has 0 atom stereocenters. The van der Waals surface area contributed by atoms with Gasteiger partial charge in [0.25, 0.3) is 0 Å². The van der Waals surface area contributed by atoms with E-state index >= 15 is 0 Å². The highest BCUT2D eigenvalue weighted by molar-refractivity contribution is 9.10. The van der Waals surface area contributed by atoms with Crippen molar-refractivity contribution >= 4 is 32.9 Å². The Morgan fingerprint density at radius 1 is 1.19 bits per heavy atom. The van der Waals surface area contributed by atoms with E-state index in [1.165, 1.54) is 0 Å². The highest BCUT2D eigenvalue weighted by Gasteiger charge is 2.24. The molecule has 104 valence electrons. The molecule has 3 N–H and O–H groups in total. The van der Waals surface area contributed by atoms with Crippen molar-refractivity contribution in [3.05, 3.63) is 68.8 Å². The van der Waals surface area contributed by atoms with Gasteiger partial charge in [-0.1, -0.05) is 40.2 Å². The van der Waals surface area contributed by atoms with Gasteiger partial charge in [0.05, 0.1) is 16.8 Å². The molecule has 2 aliphatic rings. The van der Waals surface area contributed by atoms with Gasteiger partial charge < -0.3 is 5.32 Å². The lowest BCUT2D eigenvalue weighted by Crippen LogP contribution is -2.25. The van der Waals surface area contributed by atoms with Crippen molar-refractivity contribution < 1.29 is 5.21 Å². The van der Waals surface area contributed by atoms with Crippen molar-refractivity contribution in [3.8, 4) is 0 Å². The van der Waals surface area contributed by atoms with Crippen LogP contribution in [-0.2, 0) is 0 Å². The summed E-state index contributed by atoms with van der Waals surface area (Å²) in [6.45, 7) is 0.698. The van der Waals surface area contributed by atoms with E-state index in [2.05, 4.69) is 43.9 Å². The van der Waals surface area contributed by atoms with E-state index in [4.69, 9.17) is 0 Å². The Hall–Kier alpha value is -2.11. The van der Waals surface area contributed by atoms with E-state index in [1.54, 1.807) is 0 Å². The van der Waals surface area contributed by atoms with Gasteiger partial charge in [-0.3, -0.25) is 10.7 Å². The summed E-state index contributed by atoms with van der Waals surface area (Å²) in [5.41, 5.74) is 7.07. The van der Waals surface area contributed by atoms with Gasteiger partial charge >= 0.3 is 0 Å². The van der Waals surface area contributed by atoms with Crippen molar-refractivity contribution in [1.29, 1.82) is 0 Å². The first-order valence-electron chi connectivity index (χ1n) is 6.63. The van der Waals surface area contributed by atoms with Gasteiger partial charge in [0.15, 0.2) is 0 Å². The van der Waals surface area contributed by atoms with Crippen molar-refractivity contribution in [2.24, 2.45) is 4.99 Å². The summed E-state index contributed by atoms with van der Waals surface area (Å²) >= 11 is 3.48. The summed E-state index contributed by atoms with van der Waals surface area (Å²) in [7, 11) is 0. The standard InChI is InChI=1S/C16H12BrN3O/c17-9-5-6-10-12(8-18-14(10)7-9)15-16(20-21)11-3-1-2-4-13(11)19-15/h1-7,18,20-21H,8H2/b15-12-. The van der Waals surface area contributed by atoms with Gasteiger partial charge in [-0.25, -0.2) is 4.99 Å². The van der Waals surface area contributed by atoms with Crippen LogP contribution in [0.15, 0.2) is 57.6 Å². The van der Waals surface area contributed by atoms with Crippen LogP contribution in [0, 0.1) is 0 Å². The normalized spacial score (nSPS) is 18.9. The SMILES string of the molecule is ONC1=c2ccccc2=N/C1=C1/CNc2cc(Br)ccc21. The first kappa shape index (κ1) is 12.6. The lowest BCUT2D eigenvalue weighted by atomic mass is 10.0. The van der Waals surface area contributed by atoms with Crippen LogP contribution in [0.4, 0.5) is 5.69 Å². The van der Waals surface area contributed by atoms with Crippen molar-refractivity contribution in [2.75, 3.05) is 11.9 Å². The molecule has 2 heterocycles. The quantitative estimate of drug-likeness (QED) is 0.695. The molecule has 0 radical (unpaired) electrons. The first-order chi connectivity index (χ1) is 10.3. The molecular weight excluding hydrogens is 330 g/mol. The van der Waals surface area contributed by atoms with Crippen molar-refractivity contribution in [3.63, 3.8) is 0 Å². The minimum absolute atomic E-state index is 0.665. The van der Waals surface area contributed by atoms with Gasteiger partial charge in [0.2, 0.25) is 0 Å². The van der Waals surface area contributed by atoms with Crippen molar-refractivity contribution in [1.82, 2.24) is 5.48 Å². The summed E-state index contributed by atoms with van der Waals surface area (Å²) in [4.78, 5) is 4.68. The van der Waals surface area contributed by atoms with Crippen LogP contribution in [0.5, 0.6) is 0 Å². The number of hydrogen-bond acceptors (Lipinski definition) is 4. The highest BCUT2D eigenvalue weighted by Crippen LogP contribution is 2.36. The second-order valence-corrected chi connectivity index (χ2v) is 5.90. The Balaban J connectivity index is 1.99. The molecule has 4 nitrogen and oxygen atoms in total. The van der Waals surface area contributed by atoms with Crippen LogP contribution in [0.2, 0.25) is 0 Å². The van der Waals surface area contributed by atoms with E-state index in [9.17, 15) is 5.21 Å². The Morgan fingerprint density at radius 2 is 2.05 bits per heavy atom. The lowest BCUT2D eigenvalue weighted by Gasteiger charge is -2.07. The molecule has 0 saturated carbocycles. The molecule has 4 rings (SSSR count). The molecule has 2 aromatic rings. The zero-order valence-electron chi connectivity index (χ0n) is 11.0. The summed E-state index contributed by atoms with van der Waals surface area (Å²) in [6.07, 6.45) is 0. The summed E-state index contributed by atoms with van der Waals surface area (Å²) in [5.74, 6) is 0. The molecule has 0 bridgehead atoms. The predicted molar refractivity (Wildman–Crippen MR) is 85.1 cm³/mol. The van der Waals surface area contributed by atoms with Gasteiger partial charge in [-0.05, 0) is 18.2 Å². The number of nitrogens with one attached hydrogen (secondary N) is 2. The number of hydroxylamine groups is 1. The zero-order chi connectivity index (χ0) is 14.4. The number of rotatable bonds is 1. The molecule has 0 aliphatic carbocycles. The fraction of sp³-hybridized carbons (Fsp3) is 0.0625. The summed E-state index contributed by atoms with van der Waals surface area (Å²) in [6, 6.07) is 13.9. The Morgan fingerprint density at radius 3 is 2.90 bits per heavy atom. The topological polar surface area (TPSA) is 56.6 Å². The number of halogens is 1. The molecule has 0 saturated heterocycles. The van der Waals surface area contributed by atoms with Crippen LogP contribution >= 0.6 is 15.9 Å². The van der Waals surface area contributed by atoms with E-state index in [-0.39, 0.29) is 0 Å². The lowest BCUT2D eigenvalue weighted by molar-refractivity contribution is 0.224. The van der Waals surface area contributed by atoms with Gasteiger partial charge in [-0.2, -0.15) is 0 Å². The number of hydrogen-bond donors (Lipinski definition) is 3. The smallest absolute Gasteiger partial charge is 0.0956 e. The molecule has 0 spiro atoms. The maximum absolute atomic E-state index is 9.53. The average molecular weight is 342 g/mol. The number of anilines is 1. The Bertz CT molecular complexity index is 902. The fourth-order valence-corrected chi connectivity index (χ4v) is 3.20. The maximum Gasteiger partial charge on any atom is 0.0956 e. The van der Waals surface area contributed by atoms with Crippen molar-refractivity contribution in [2.45, 2.75) is 0 Å². The second kappa shape index (κ2) is 4.72. The number of benzene rings is 2. The molecule has 2 aliphatic heterocycles. The monoisotopic (exact) mass is 341 g/mol. The maximum atomic E-state index is 9.53. The minimum Gasteiger partial charge on any atom is -0.380 e. The molecule has 2 aromatic carbocycles. The fourth-order valence-electron chi connectivity index (χ4n) is 2.83. The van der Waals surface area contributed by atoms with Crippen LogP contribution in [0.25, 0.3) is 11.3 Å². The average Bonchev–Trinajstić information content (AvgIpc) is 3.06. The van der Waals surface area contributed by atoms with Crippen LogP contribution in [0.3, 0.4) is 0 Å². The highest BCUT2D eigenvalue weighted by atomic mass is 79.9. The van der Waals surface area contributed by atoms with Gasteiger partial charge in [-0.15, -0.1) is 0 Å².